The van der Waals surface area contributed by atoms with E-state index in [1.165, 1.54) is 32.4 Å². The van der Waals surface area contributed by atoms with Gasteiger partial charge < -0.3 is 9.47 Å². The van der Waals surface area contributed by atoms with E-state index >= 15 is 0 Å². The summed E-state index contributed by atoms with van der Waals surface area (Å²) in [5.41, 5.74) is 1.54. The first-order valence-corrected chi connectivity index (χ1v) is 8.56. The summed E-state index contributed by atoms with van der Waals surface area (Å²) in [6.07, 6.45) is 0. The van der Waals surface area contributed by atoms with Crippen LogP contribution in [0.5, 0.6) is 0 Å². The Labute approximate surface area is 169 Å². The monoisotopic (exact) mass is 487 g/mol. The minimum Gasteiger partial charge on any atom is -0.465 e. The van der Waals surface area contributed by atoms with Gasteiger partial charge in [0, 0.05) is 3.57 Å². The zero-order valence-corrected chi connectivity index (χ0v) is 17.2. The van der Waals surface area contributed by atoms with Crippen molar-refractivity contribution in [1.82, 2.24) is 0 Å². The van der Waals surface area contributed by atoms with Gasteiger partial charge in [0.1, 0.15) is 17.7 Å². The van der Waals surface area contributed by atoms with E-state index in [-0.39, 0.29) is 16.9 Å². The van der Waals surface area contributed by atoms with Gasteiger partial charge in [0.05, 0.1) is 30.9 Å². The van der Waals surface area contributed by atoms with Crippen molar-refractivity contribution in [2.45, 2.75) is 13.8 Å². The van der Waals surface area contributed by atoms with Crippen molar-refractivity contribution in [2.24, 2.45) is 0 Å². The summed E-state index contributed by atoms with van der Waals surface area (Å²) in [5.74, 6) is -1.93. The van der Waals surface area contributed by atoms with Crippen LogP contribution in [0.2, 0.25) is 0 Å². The number of hydrogen-bond donors (Lipinski definition) is 0. The normalized spacial score (nSPS) is 9.56. The summed E-state index contributed by atoms with van der Waals surface area (Å²) in [7, 11) is 2.52. The highest BCUT2D eigenvalue weighted by Crippen LogP contribution is 2.19. The Kier molecular flexibility index (Phi) is 8.31. The van der Waals surface area contributed by atoms with Crippen LogP contribution in [-0.4, -0.2) is 26.2 Å². The lowest BCUT2D eigenvalue weighted by molar-refractivity contribution is 0.0590. The summed E-state index contributed by atoms with van der Waals surface area (Å²) in [6.45, 7) is 3.23. The van der Waals surface area contributed by atoms with E-state index in [1.807, 2.05) is 22.6 Å². The van der Waals surface area contributed by atoms with Crippen molar-refractivity contribution < 1.29 is 27.8 Å². The fraction of sp³-hybridized carbons (Fsp3) is 0.211. The minimum atomic E-state index is -0.626. The summed E-state index contributed by atoms with van der Waals surface area (Å²) in [4.78, 5) is 22.4. The van der Waals surface area contributed by atoms with Crippen molar-refractivity contribution in [3.63, 3.8) is 0 Å². The SMILES string of the molecule is COC(=O)c1c(C)cc(F)cc1C#N.COC(=O)c1c(C)cc(F)cc1I. The molecule has 2 rings (SSSR count). The van der Waals surface area contributed by atoms with Crippen LogP contribution in [0.1, 0.15) is 37.4 Å². The molecule has 0 bridgehead atoms. The molecule has 0 fully saturated rings. The van der Waals surface area contributed by atoms with E-state index < -0.39 is 17.8 Å². The third-order valence-electron chi connectivity index (χ3n) is 3.45. The molecule has 0 N–H and O–H groups in total. The van der Waals surface area contributed by atoms with Crippen molar-refractivity contribution in [1.29, 1.82) is 5.26 Å². The molecule has 0 saturated carbocycles. The van der Waals surface area contributed by atoms with Gasteiger partial charge in [-0.25, -0.2) is 18.4 Å². The molecule has 0 aliphatic heterocycles. The number of halogens is 3. The number of methoxy groups -OCH3 is 2. The highest BCUT2D eigenvalue weighted by molar-refractivity contribution is 14.1. The lowest BCUT2D eigenvalue weighted by Crippen LogP contribution is -2.07. The number of nitriles is 1. The number of carbonyl (C=O) groups is 2. The molecule has 0 heterocycles. The van der Waals surface area contributed by atoms with Crippen LogP contribution >= 0.6 is 22.6 Å². The number of carbonyl (C=O) groups excluding carboxylic acids is 2. The molecular formula is C19H16F2INO4. The minimum absolute atomic E-state index is 0.00523. The first-order chi connectivity index (χ1) is 12.7. The average Bonchev–Trinajstić information content (AvgIpc) is 2.59. The molecule has 0 amide bonds. The third kappa shape index (κ3) is 5.72. The van der Waals surface area contributed by atoms with Crippen molar-refractivity contribution in [3.8, 4) is 6.07 Å². The number of ether oxygens (including phenoxy) is 2. The third-order valence-corrected chi connectivity index (χ3v) is 4.30. The molecule has 2 aromatic carbocycles. The molecule has 0 spiro atoms. The molecule has 0 saturated heterocycles. The molecule has 8 heteroatoms. The zero-order chi connectivity index (χ0) is 20.7. The number of hydrogen-bond acceptors (Lipinski definition) is 5. The highest BCUT2D eigenvalue weighted by atomic mass is 127. The Bertz CT molecular complexity index is 900. The Morgan fingerprint density at radius 1 is 0.926 bits per heavy atom. The van der Waals surface area contributed by atoms with Gasteiger partial charge in [0.15, 0.2) is 0 Å². The van der Waals surface area contributed by atoms with Crippen LogP contribution in [0.3, 0.4) is 0 Å². The molecular weight excluding hydrogens is 471 g/mol. The zero-order valence-electron chi connectivity index (χ0n) is 15.0. The van der Waals surface area contributed by atoms with E-state index in [2.05, 4.69) is 9.47 Å². The van der Waals surface area contributed by atoms with Gasteiger partial charge in [0.25, 0.3) is 0 Å². The van der Waals surface area contributed by atoms with Gasteiger partial charge in [-0.2, -0.15) is 5.26 Å². The molecule has 0 atom stereocenters. The van der Waals surface area contributed by atoms with Crippen molar-refractivity contribution in [2.75, 3.05) is 14.2 Å². The highest BCUT2D eigenvalue weighted by Gasteiger charge is 2.16. The molecule has 0 aliphatic rings. The molecule has 5 nitrogen and oxygen atoms in total. The quantitative estimate of drug-likeness (QED) is 0.466. The maximum absolute atomic E-state index is 12.9. The predicted molar refractivity (Wildman–Crippen MR) is 102 cm³/mol. The largest absolute Gasteiger partial charge is 0.465 e. The maximum Gasteiger partial charge on any atom is 0.339 e. The van der Waals surface area contributed by atoms with E-state index in [9.17, 15) is 18.4 Å². The molecule has 0 aromatic heterocycles. The average molecular weight is 487 g/mol. The van der Waals surface area contributed by atoms with Crippen LogP contribution in [0.15, 0.2) is 24.3 Å². The number of benzene rings is 2. The second kappa shape index (κ2) is 9.97. The first-order valence-electron chi connectivity index (χ1n) is 7.48. The summed E-state index contributed by atoms with van der Waals surface area (Å²) in [6, 6.07) is 6.57. The van der Waals surface area contributed by atoms with Crippen LogP contribution in [-0.2, 0) is 9.47 Å². The molecule has 2 aromatic rings. The summed E-state index contributed by atoms with van der Waals surface area (Å²) in [5, 5.41) is 8.69. The second-order valence-electron chi connectivity index (χ2n) is 5.32. The van der Waals surface area contributed by atoms with Crippen LogP contribution in [0, 0.1) is 40.4 Å². The van der Waals surface area contributed by atoms with Gasteiger partial charge in [-0.15, -0.1) is 0 Å². The lowest BCUT2D eigenvalue weighted by Gasteiger charge is -2.05. The van der Waals surface area contributed by atoms with Crippen molar-refractivity contribution in [3.05, 3.63) is 67.3 Å². The molecule has 0 aliphatic carbocycles. The Hall–Kier alpha value is -2.54. The molecule has 0 unspecified atom stereocenters. The molecule has 0 radical (unpaired) electrons. The van der Waals surface area contributed by atoms with E-state index in [4.69, 9.17) is 5.26 Å². The molecule has 27 heavy (non-hydrogen) atoms. The van der Waals surface area contributed by atoms with Gasteiger partial charge in [0.2, 0.25) is 0 Å². The number of rotatable bonds is 2. The number of nitrogens with zero attached hydrogens (tertiary/aromatic N) is 1. The Morgan fingerprint density at radius 2 is 1.37 bits per heavy atom. The van der Waals surface area contributed by atoms with Gasteiger partial charge in [-0.1, -0.05) is 0 Å². The summed E-state index contributed by atoms with van der Waals surface area (Å²) >= 11 is 1.91. The van der Waals surface area contributed by atoms with Gasteiger partial charge in [-0.05, 0) is 71.8 Å². The molecule has 142 valence electrons. The standard InChI is InChI=1S/C10H8FNO2.C9H8FIO2/c1-6-3-8(11)4-7(5-12)9(6)10(13)14-2;1-5-3-6(10)4-7(11)8(5)9(12)13-2/h3-4H,1-2H3;3-4H,1-2H3. The topological polar surface area (TPSA) is 76.4 Å². The lowest BCUT2D eigenvalue weighted by atomic mass is 10.0. The van der Waals surface area contributed by atoms with E-state index in [0.717, 1.165) is 6.07 Å². The van der Waals surface area contributed by atoms with Crippen LogP contribution in [0.4, 0.5) is 8.78 Å². The predicted octanol–water partition coefficient (Wildman–Crippen LogP) is 4.32. The van der Waals surface area contributed by atoms with Gasteiger partial charge >= 0.3 is 11.9 Å². The first kappa shape index (κ1) is 22.5. The smallest absolute Gasteiger partial charge is 0.339 e. The number of esters is 2. The fourth-order valence-corrected chi connectivity index (χ4v) is 3.21. The Balaban J connectivity index is 0.000000271. The van der Waals surface area contributed by atoms with E-state index in [1.54, 1.807) is 19.9 Å². The second-order valence-corrected chi connectivity index (χ2v) is 6.48. The van der Waals surface area contributed by atoms with Gasteiger partial charge in [-0.3, -0.25) is 0 Å². The summed E-state index contributed by atoms with van der Waals surface area (Å²) < 4.78 is 35.3. The Morgan fingerprint density at radius 3 is 1.81 bits per heavy atom. The van der Waals surface area contributed by atoms with Crippen molar-refractivity contribution >= 4 is 34.5 Å². The van der Waals surface area contributed by atoms with Crippen LogP contribution < -0.4 is 0 Å². The fourth-order valence-electron chi connectivity index (χ4n) is 2.27. The maximum atomic E-state index is 12.9. The van der Waals surface area contributed by atoms with Crippen LogP contribution in [0.25, 0.3) is 0 Å². The van der Waals surface area contributed by atoms with E-state index in [0.29, 0.717) is 20.3 Å². The number of aryl methyl sites for hydroxylation is 2.